The zero-order valence-corrected chi connectivity index (χ0v) is 19.8. The molecular weight excluding hydrogens is 457 g/mol. The summed E-state index contributed by atoms with van der Waals surface area (Å²) in [6.07, 6.45) is 1.68. The number of aldehydes is 1. The smallest absolute Gasteiger partial charge is 0.341 e. The van der Waals surface area contributed by atoms with E-state index in [-0.39, 0.29) is 34.5 Å². The normalized spacial score (nSPS) is 13.4. The maximum atomic E-state index is 15.1. The lowest BCUT2D eigenvalue weighted by atomic mass is 9.86. The van der Waals surface area contributed by atoms with Gasteiger partial charge in [0.1, 0.15) is 28.8 Å². The third-order valence-corrected chi connectivity index (χ3v) is 5.50. The van der Waals surface area contributed by atoms with Gasteiger partial charge in [-0.05, 0) is 45.2 Å². The second kappa shape index (κ2) is 10.1. The molecule has 0 atom stereocenters. The minimum atomic E-state index is -1.48. The number of nitrogens with two attached hydrogens (primary N) is 1. The van der Waals surface area contributed by atoms with Crippen LogP contribution in [0.4, 0.5) is 20.6 Å². The number of primary amides is 1. The van der Waals surface area contributed by atoms with Crippen LogP contribution in [0.25, 0.3) is 11.1 Å². The fourth-order valence-corrected chi connectivity index (χ4v) is 4.29. The average Bonchev–Trinajstić information content (AvgIpc) is 3.27. The molecule has 186 valence electrons. The molecule has 0 bridgehead atoms. The van der Waals surface area contributed by atoms with Gasteiger partial charge in [0, 0.05) is 30.6 Å². The molecule has 0 aliphatic carbocycles. The molecule has 9 nitrogen and oxygen atoms in total. The van der Waals surface area contributed by atoms with E-state index in [9.17, 15) is 24.3 Å². The second-order valence-electron chi connectivity index (χ2n) is 9.17. The first-order chi connectivity index (χ1) is 16.5. The van der Waals surface area contributed by atoms with Crippen LogP contribution < -0.4 is 16.0 Å². The highest BCUT2D eigenvalue weighted by Crippen LogP contribution is 2.46. The molecule has 1 aliphatic rings. The van der Waals surface area contributed by atoms with Crippen molar-refractivity contribution < 1.29 is 33.4 Å². The fraction of sp³-hybridized carbons (Fsp3) is 0.360. The first kappa shape index (κ1) is 25.7. The largest absolute Gasteiger partial charge is 0.478 e. The van der Waals surface area contributed by atoms with Crippen molar-refractivity contribution in [1.82, 2.24) is 0 Å². The molecule has 35 heavy (non-hydrogen) atoms. The Morgan fingerprint density at radius 3 is 2.31 bits per heavy atom. The Kier molecular flexibility index (Phi) is 7.42. The standard InChI is InChI=1S/C25H28FN3O6/c1-25(2,3)35-23(33)18-19(22(31)32)21(29-11-6-7-12-29)17(14-8-4-5-9-16(14)26)15(10-13-30)20(18)28-24(27)34/h4-5,8-9,13H,6-7,10-12H2,1-3H3,(H,31,32)(H3,27,28,34). The highest BCUT2D eigenvalue weighted by molar-refractivity contribution is 6.16. The zero-order chi connectivity index (χ0) is 25.9. The number of nitrogens with one attached hydrogen (secondary N) is 1. The van der Waals surface area contributed by atoms with Crippen molar-refractivity contribution >= 4 is 35.6 Å². The van der Waals surface area contributed by atoms with Crippen LogP contribution in [0.5, 0.6) is 0 Å². The number of anilines is 2. The first-order valence-electron chi connectivity index (χ1n) is 11.2. The van der Waals surface area contributed by atoms with Gasteiger partial charge in [0.25, 0.3) is 0 Å². The Bertz CT molecular complexity index is 1180. The molecule has 0 saturated carbocycles. The van der Waals surface area contributed by atoms with Crippen molar-refractivity contribution in [3.05, 3.63) is 46.8 Å². The van der Waals surface area contributed by atoms with Gasteiger partial charge in [-0.15, -0.1) is 0 Å². The summed E-state index contributed by atoms with van der Waals surface area (Å²) in [5.74, 6) is -3.16. The minimum Gasteiger partial charge on any atom is -0.478 e. The molecule has 4 N–H and O–H groups in total. The van der Waals surface area contributed by atoms with Crippen molar-refractivity contribution in [3.63, 3.8) is 0 Å². The molecule has 0 unspecified atom stereocenters. The molecule has 3 rings (SSSR count). The van der Waals surface area contributed by atoms with E-state index in [2.05, 4.69) is 5.32 Å². The van der Waals surface area contributed by atoms with Gasteiger partial charge in [0.05, 0.1) is 11.4 Å². The van der Waals surface area contributed by atoms with Gasteiger partial charge >= 0.3 is 18.0 Å². The number of carbonyl (C=O) groups excluding carboxylic acids is 3. The highest BCUT2D eigenvalue weighted by Gasteiger charge is 2.37. The summed E-state index contributed by atoms with van der Waals surface area (Å²) in [5.41, 5.74) is 3.44. The van der Waals surface area contributed by atoms with Crippen LogP contribution in [0.2, 0.25) is 0 Å². The Morgan fingerprint density at radius 1 is 1.17 bits per heavy atom. The molecule has 1 saturated heterocycles. The molecule has 2 aromatic carbocycles. The highest BCUT2D eigenvalue weighted by atomic mass is 19.1. The van der Waals surface area contributed by atoms with E-state index in [0.717, 1.165) is 12.8 Å². The predicted molar refractivity (Wildman–Crippen MR) is 128 cm³/mol. The number of benzene rings is 2. The van der Waals surface area contributed by atoms with Gasteiger partial charge in [0.15, 0.2) is 0 Å². The molecule has 0 radical (unpaired) electrons. The van der Waals surface area contributed by atoms with E-state index in [4.69, 9.17) is 10.5 Å². The number of aromatic carboxylic acids is 1. The van der Waals surface area contributed by atoms with E-state index in [1.165, 1.54) is 18.2 Å². The third-order valence-electron chi connectivity index (χ3n) is 5.50. The molecule has 2 aromatic rings. The lowest BCUT2D eigenvalue weighted by Crippen LogP contribution is -2.31. The fourth-order valence-electron chi connectivity index (χ4n) is 4.29. The van der Waals surface area contributed by atoms with E-state index in [1.807, 2.05) is 0 Å². The topological polar surface area (TPSA) is 139 Å². The number of ether oxygens (including phenoxy) is 1. The third kappa shape index (κ3) is 5.42. The summed E-state index contributed by atoms with van der Waals surface area (Å²) in [7, 11) is 0. The average molecular weight is 486 g/mol. The lowest BCUT2D eigenvalue weighted by molar-refractivity contribution is -0.107. The Morgan fingerprint density at radius 2 is 1.80 bits per heavy atom. The minimum absolute atomic E-state index is 0.0250. The van der Waals surface area contributed by atoms with Gasteiger partial charge in [0.2, 0.25) is 0 Å². The summed E-state index contributed by atoms with van der Waals surface area (Å²) < 4.78 is 20.6. The van der Waals surface area contributed by atoms with Gasteiger partial charge in [-0.2, -0.15) is 0 Å². The van der Waals surface area contributed by atoms with E-state index >= 15 is 4.39 Å². The van der Waals surface area contributed by atoms with Crippen LogP contribution in [-0.2, 0) is 16.0 Å². The van der Waals surface area contributed by atoms with Crippen LogP contribution in [0.15, 0.2) is 24.3 Å². The summed E-state index contributed by atoms with van der Waals surface area (Å²) in [6.45, 7) is 5.73. The maximum absolute atomic E-state index is 15.1. The number of esters is 1. The van der Waals surface area contributed by atoms with Crippen molar-refractivity contribution in [2.45, 2.75) is 45.6 Å². The molecule has 10 heteroatoms. The van der Waals surface area contributed by atoms with Crippen LogP contribution in [-0.4, -0.2) is 48.1 Å². The van der Waals surface area contributed by atoms with E-state index in [0.29, 0.717) is 19.4 Å². The Balaban J connectivity index is 2.58. The second-order valence-corrected chi connectivity index (χ2v) is 9.17. The summed E-state index contributed by atoms with van der Waals surface area (Å²) >= 11 is 0. The van der Waals surface area contributed by atoms with Gasteiger partial charge < -0.3 is 30.6 Å². The van der Waals surface area contributed by atoms with Gasteiger partial charge in [-0.1, -0.05) is 18.2 Å². The summed E-state index contributed by atoms with van der Waals surface area (Å²) in [5, 5.41) is 12.6. The van der Waals surface area contributed by atoms with Crippen LogP contribution >= 0.6 is 0 Å². The Labute approximate surface area is 202 Å². The Hall–Kier alpha value is -3.95. The molecule has 1 aliphatic heterocycles. The molecule has 0 aromatic heterocycles. The molecule has 1 fully saturated rings. The summed E-state index contributed by atoms with van der Waals surface area (Å²) in [4.78, 5) is 51.5. The number of hydrogen-bond donors (Lipinski definition) is 3. The van der Waals surface area contributed by atoms with Crippen molar-refractivity contribution in [2.75, 3.05) is 23.3 Å². The number of hydrogen-bond acceptors (Lipinski definition) is 6. The molecule has 2 amide bonds. The van der Waals surface area contributed by atoms with Crippen molar-refractivity contribution in [3.8, 4) is 11.1 Å². The number of urea groups is 1. The van der Waals surface area contributed by atoms with Crippen LogP contribution in [0.1, 0.15) is 59.9 Å². The molecular formula is C25H28FN3O6. The SMILES string of the molecule is CC(C)(C)OC(=O)c1c(NC(N)=O)c(CC=O)c(-c2ccccc2F)c(N2CCCC2)c1C(=O)O. The molecule has 0 spiro atoms. The zero-order valence-electron chi connectivity index (χ0n) is 19.8. The summed E-state index contributed by atoms with van der Waals surface area (Å²) in [6, 6.07) is 4.61. The van der Waals surface area contributed by atoms with E-state index < -0.39 is 40.5 Å². The van der Waals surface area contributed by atoms with Crippen LogP contribution in [0.3, 0.4) is 0 Å². The van der Waals surface area contributed by atoms with Crippen molar-refractivity contribution in [1.29, 1.82) is 0 Å². The van der Waals surface area contributed by atoms with Crippen LogP contribution in [0, 0.1) is 5.82 Å². The number of amides is 2. The van der Waals surface area contributed by atoms with Crippen molar-refractivity contribution in [2.24, 2.45) is 5.73 Å². The van der Waals surface area contributed by atoms with E-state index in [1.54, 1.807) is 31.7 Å². The monoisotopic (exact) mass is 485 g/mol. The number of rotatable bonds is 7. The molecule has 1 heterocycles. The first-order valence-corrected chi connectivity index (χ1v) is 11.2. The predicted octanol–water partition coefficient (Wildman–Crippen LogP) is 3.98. The van der Waals surface area contributed by atoms with Gasteiger partial charge in [-0.3, -0.25) is 0 Å². The number of halogens is 1. The quantitative estimate of drug-likeness (QED) is 0.398. The number of carbonyl (C=O) groups is 4. The number of carboxylic acids is 1. The number of nitrogens with zero attached hydrogens (tertiary/aromatic N) is 1. The lowest BCUT2D eigenvalue weighted by Gasteiger charge is -2.30. The van der Waals surface area contributed by atoms with Gasteiger partial charge in [-0.25, -0.2) is 18.8 Å². The maximum Gasteiger partial charge on any atom is 0.341 e. The number of carboxylic acid groups (broad SMARTS) is 1.